The number of carbonyl (C=O) groups is 2. The van der Waals surface area contributed by atoms with Crippen LogP contribution in [0.2, 0.25) is 10.0 Å². The second kappa shape index (κ2) is 8.58. The minimum absolute atomic E-state index is 0.210. The molecule has 0 saturated heterocycles. The second-order valence-electron chi connectivity index (χ2n) is 4.53. The fourth-order valence-corrected chi connectivity index (χ4v) is 2.75. The molecule has 0 unspecified atom stereocenters. The third-order valence-corrected chi connectivity index (χ3v) is 3.96. The molecule has 0 heterocycles. The van der Waals surface area contributed by atoms with Crippen LogP contribution in [0.3, 0.4) is 0 Å². The van der Waals surface area contributed by atoms with Crippen molar-refractivity contribution in [2.75, 3.05) is 13.2 Å². The molecule has 0 radical (unpaired) electrons. The van der Waals surface area contributed by atoms with E-state index in [-0.39, 0.29) is 34.4 Å². The summed E-state index contributed by atoms with van der Waals surface area (Å²) in [7, 11) is 0. The molecule has 0 aliphatic carbocycles. The van der Waals surface area contributed by atoms with Crippen molar-refractivity contribution < 1.29 is 19.1 Å². The maximum Gasteiger partial charge on any atom is 0.253 e. The van der Waals surface area contributed by atoms with Gasteiger partial charge in [-0.2, -0.15) is 0 Å². The minimum atomic E-state index is -0.634. The van der Waals surface area contributed by atoms with Gasteiger partial charge in [-0.3, -0.25) is 9.59 Å². The highest BCUT2D eigenvalue weighted by Crippen LogP contribution is 2.25. The van der Waals surface area contributed by atoms with E-state index in [4.69, 9.17) is 55.9 Å². The van der Waals surface area contributed by atoms with E-state index in [2.05, 4.69) is 0 Å². The van der Waals surface area contributed by atoms with Crippen LogP contribution in [0.25, 0.3) is 0 Å². The van der Waals surface area contributed by atoms with E-state index < -0.39 is 10.5 Å². The minimum Gasteiger partial charge on any atom is -0.490 e. The van der Waals surface area contributed by atoms with Crippen LogP contribution >= 0.6 is 46.4 Å². The standard InChI is InChI=1S/C16H10Cl4O4/c17-13-7-9(1-3-11(13)15(19)21)23-5-6-24-10-2-4-12(16(20)22)14(18)8-10/h1-4,7-8H,5-6H2. The summed E-state index contributed by atoms with van der Waals surface area (Å²) in [5.74, 6) is 0.956. The second-order valence-corrected chi connectivity index (χ2v) is 6.03. The summed E-state index contributed by atoms with van der Waals surface area (Å²) in [6, 6.07) is 9.12. The van der Waals surface area contributed by atoms with Gasteiger partial charge in [0, 0.05) is 0 Å². The number of carbonyl (C=O) groups excluding carboxylic acids is 2. The average Bonchev–Trinajstić information content (AvgIpc) is 2.51. The summed E-state index contributed by atoms with van der Waals surface area (Å²) in [5, 5.41) is -0.848. The molecule has 0 aromatic heterocycles. The van der Waals surface area contributed by atoms with Gasteiger partial charge in [0.05, 0.1) is 21.2 Å². The normalized spacial score (nSPS) is 10.3. The van der Waals surface area contributed by atoms with Crippen LogP contribution in [0.5, 0.6) is 11.5 Å². The van der Waals surface area contributed by atoms with E-state index in [1.54, 1.807) is 12.1 Å². The van der Waals surface area contributed by atoms with Gasteiger partial charge in [-0.1, -0.05) is 23.2 Å². The zero-order chi connectivity index (χ0) is 17.7. The van der Waals surface area contributed by atoms with Crippen molar-refractivity contribution in [3.05, 3.63) is 57.6 Å². The number of ether oxygens (including phenoxy) is 2. The maximum absolute atomic E-state index is 11.1. The first kappa shape index (κ1) is 18.9. The summed E-state index contributed by atoms with van der Waals surface area (Å²) < 4.78 is 10.9. The zero-order valence-corrected chi connectivity index (χ0v) is 15.0. The lowest BCUT2D eigenvalue weighted by Crippen LogP contribution is -2.09. The Morgan fingerprint density at radius 3 is 1.42 bits per heavy atom. The van der Waals surface area contributed by atoms with Crippen molar-refractivity contribution in [1.29, 1.82) is 0 Å². The lowest BCUT2D eigenvalue weighted by atomic mass is 10.2. The van der Waals surface area contributed by atoms with E-state index in [1.165, 1.54) is 24.3 Å². The highest BCUT2D eigenvalue weighted by molar-refractivity contribution is 6.69. The number of rotatable bonds is 7. The van der Waals surface area contributed by atoms with Crippen molar-refractivity contribution in [3.8, 4) is 11.5 Å². The van der Waals surface area contributed by atoms with Gasteiger partial charge in [0.2, 0.25) is 0 Å². The Balaban J connectivity index is 1.87. The van der Waals surface area contributed by atoms with Crippen LogP contribution in [0, 0.1) is 0 Å². The highest BCUT2D eigenvalue weighted by Gasteiger charge is 2.10. The maximum atomic E-state index is 11.1. The van der Waals surface area contributed by atoms with Crippen LogP contribution in [0.1, 0.15) is 20.7 Å². The molecule has 2 aromatic carbocycles. The van der Waals surface area contributed by atoms with Crippen LogP contribution in [-0.2, 0) is 0 Å². The van der Waals surface area contributed by atoms with Crippen molar-refractivity contribution in [2.24, 2.45) is 0 Å². The summed E-state index contributed by atoms with van der Waals surface area (Å²) in [4.78, 5) is 22.1. The molecule has 0 fully saturated rings. The van der Waals surface area contributed by atoms with Crippen LogP contribution in [-0.4, -0.2) is 23.7 Å². The molecule has 0 aliphatic heterocycles. The third kappa shape index (κ3) is 5.02. The molecule has 0 N–H and O–H groups in total. The largest absolute Gasteiger partial charge is 0.490 e. The number of hydrogen-bond donors (Lipinski definition) is 0. The Kier molecular flexibility index (Phi) is 6.75. The Hall–Kier alpha value is -1.46. The predicted octanol–water partition coefficient (Wildman–Crippen LogP) is 5.21. The molecular formula is C16H10Cl4O4. The molecule has 0 aliphatic rings. The Bertz CT molecular complexity index is 711. The molecule has 0 saturated carbocycles. The number of hydrogen-bond acceptors (Lipinski definition) is 4. The van der Waals surface area contributed by atoms with Crippen LogP contribution in [0.4, 0.5) is 0 Å². The first-order chi connectivity index (χ1) is 11.4. The lowest BCUT2D eigenvalue weighted by Gasteiger charge is -2.10. The molecule has 4 nitrogen and oxygen atoms in total. The topological polar surface area (TPSA) is 52.6 Å². The Morgan fingerprint density at radius 2 is 1.12 bits per heavy atom. The van der Waals surface area contributed by atoms with Crippen molar-refractivity contribution in [2.45, 2.75) is 0 Å². The predicted molar refractivity (Wildman–Crippen MR) is 94.3 cm³/mol. The monoisotopic (exact) mass is 406 g/mol. The van der Waals surface area contributed by atoms with Gasteiger partial charge >= 0.3 is 0 Å². The van der Waals surface area contributed by atoms with Crippen LogP contribution in [0.15, 0.2) is 36.4 Å². The van der Waals surface area contributed by atoms with Gasteiger partial charge in [-0.15, -0.1) is 0 Å². The lowest BCUT2D eigenvalue weighted by molar-refractivity contribution is 0.107. The fraction of sp³-hybridized carbons (Fsp3) is 0.125. The van der Waals surface area contributed by atoms with Gasteiger partial charge in [0.25, 0.3) is 10.5 Å². The third-order valence-electron chi connectivity index (χ3n) is 2.93. The Labute approximate surface area is 158 Å². The smallest absolute Gasteiger partial charge is 0.253 e. The van der Waals surface area contributed by atoms with Gasteiger partial charge in [-0.05, 0) is 59.6 Å². The fourth-order valence-electron chi connectivity index (χ4n) is 1.81. The van der Waals surface area contributed by atoms with E-state index in [9.17, 15) is 9.59 Å². The van der Waals surface area contributed by atoms with Crippen molar-refractivity contribution >= 4 is 56.9 Å². The summed E-state index contributed by atoms with van der Waals surface area (Å²) in [5.41, 5.74) is 0.427. The molecule has 0 amide bonds. The molecule has 2 rings (SSSR count). The van der Waals surface area contributed by atoms with Crippen molar-refractivity contribution in [3.63, 3.8) is 0 Å². The Morgan fingerprint density at radius 1 is 0.750 bits per heavy atom. The average molecular weight is 408 g/mol. The molecular weight excluding hydrogens is 398 g/mol. The van der Waals surface area contributed by atoms with E-state index in [0.29, 0.717) is 11.5 Å². The molecule has 0 atom stereocenters. The van der Waals surface area contributed by atoms with Gasteiger partial charge in [0.1, 0.15) is 24.7 Å². The molecule has 24 heavy (non-hydrogen) atoms. The van der Waals surface area contributed by atoms with E-state index >= 15 is 0 Å². The number of halogens is 4. The molecule has 126 valence electrons. The summed E-state index contributed by atoms with van der Waals surface area (Å²) >= 11 is 22.6. The quantitative estimate of drug-likeness (QED) is 0.467. The first-order valence-corrected chi connectivity index (χ1v) is 8.14. The molecule has 0 bridgehead atoms. The van der Waals surface area contributed by atoms with E-state index in [1.807, 2.05) is 0 Å². The highest BCUT2D eigenvalue weighted by atomic mass is 35.5. The van der Waals surface area contributed by atoms with Gasteiger partial charge in [-0.25, -0.2) is 0 Å². The molecule has 2 aromatic rings. The van der Waals surface area contributed by atoms with E-state index in [0.717, 1.165) is 0 Å². The number of benzene rings is 2. The molecule has 0 spiro atoms. The van der Waals surface area contributed by atoms with Gasteiger partial charge in [0.15, 0.2) is 0 Å². The van der Waals surface area contributed by atoms with Crippen LogP contribution < -0.4 is 9.47 Å². The summed E-state index contributed by atoms with van der Waals surface area (Å²) in [6.07, 6.45) is 0. The zero-order valence-electron chi connectivity index (χ0n) is 12.0. The summed E-state index contributed by atoms with van der Waals surface area (Å²) in [6.45, 7) is 0.469. The SMILES string of the molecule is O=C(Cl)c1ccc(OCCOc2ccc(C(=O)Cl)c(Cl)c2)cc1Cl. The first-order valence-electron chi connectivity index (χ1n) is 6.63. The van der Waals surface area contributed by atoms with Crippen molar-refractivity contribution in [1.82, 2.24) is 0 Å². The van der Waals surface area contributed by atoms with Gasteiger partial charge < -0.3 is 9.47 Å². The molecule has 8 heteroatoms.